The Labute approximate surface area is 183 Å². The van der Waals surface area contributed by atoms with Gasteiger partial charge in [0.15, 0.2) is 5.78 Å². The zero-order valence-corrected chi connectivity index (χ0v) is 17.1. The van der Waals surface area contributed by atoms with Gasteiger partial charge in [-0.05, 0) is 17.7 Å². The van der Waals surface area contributed by atoms with Gasteiger partial charge in [-0.25, -0.2) is 0 Å². The number of ketones is 1. The number of aliphatic hydroxyl groups is 4. The van der Waals surface area contributed by atoms with Gasteiger partial charge in [-0.1, -0.05) is 12.1 Å². The van der Waals surface area contributed by atoms with Crippen LogP contribution in [-0.4, -0.2) is 75.7 Å². The minimum Gasteiger partial charge on any atom is -0.508 e. The normalized spacial score (nSPS) is 29.7. The predicted octanol–water partition coefficient (Wildman–Crippen LogP) is 0.286. The monoisotopic (exact) mass is 448 g/mol. The highest BCUT2D eigenvalue weighted by atomic mass is 16.7. The number of benzene rings is 2. The third kappa shape index (κ3) is 4.10. The molecule has 10 nitrogen and oxygen atoms in total. The Morgan fingerprint density at radius 3 is 2.44 bits per heavy atom. The second kappa shape index (κ2) is 8.93. The lowest BCUT2D eigenvalue weighted by molar-refractivity contribution is -0.277. The Bertz CT molecular complexity index is 973. The quantitative estimate of drug-likeness (QED) is 0.431. The summed E-state index contributed by atoms with van der Waals surface area (Å²) in [4.78, 5) is 12.7. The first-order chi connectivity index (χ1) is 15.3. The van der Waals surface area contributed by atoms with Crippen LogP contribution in [-0.2, 0) is 4.74 Å². The number of hydrogen-bond donors (Lipinski definition) is 5. The minimum atomic E-state index is -1.54. The molecule has 1 fully saturated rings. The highest BCUT2D eigenvalue weighted by Crippen LogP contribution is 2.42. The van der Waals surface area contributed by atoms with Crippen molar-refractivity contribution in [2.24, 2.45) is 0 Å². The van der Waals surface area contributed by atoms with Gasteiger partial charge < -0.3 is 44.5 Å². The molecule has 1 saturated heterocycles. The smallest absolute Gasteiger partial charge is 0.229 e. The van der Waals surface area contributed by atoms with E-state index < -0.39 is 43.4 Å². The number of fused-ring (bicyclic) bond motifs is 1. The number of aromatic hydroxyl groups is 1. The Balaban J connectivity index is 1.49. The summed E-state index contributed by atoms with van der Waals surface area (Å²) in [6, 6.07) is 9.20. The summed E-state index contributed by atoms with van der Waals surface area (Å²) in [5, 5.41) is 49.0. The number of ether oxygens (including phenoxy) is 4. The molecule has 2 aliphatic heterocycles. The van der Waals surface area contributed by atoms with E-state index in [0.717, 1.165) is 0 Å². The van der Waals surface area contributed by atoms with E-state index in [-0.39, 0.29) is 35.0 Å². The number of Topliss-reactive ketones (excluding diaryl/α,β-unsaturated/α-hetero) is 1. The van der Waals surface area contributed by atoms with Crippen molar-refractivity contribution in [3.63, 3.8) is 0 Å². The Morgan fingerprint density at radius 1 is 1.06 bits per heavy atom. The lowest BCUT2D eigenvalue weighted by Crippen LogP contribution is -2.60. The van der Waals surface area contributed by atoms with Crippen molar-refractivity contribution in [3.05, 3.63) is 47.5 Å². The van der Waals surface area contributed by atoms with Gasteiger partial charge in [0.25, 0.3) is 0 Å². The van der Waals surface area contributed by atoms with E-state index in [1.165, 1.54) is 19.2 Å². The van der Waals surface area contributed by atoms with Gasteiger partial charge in [0, 0.05) is 12.1 Å². The van der Waals surface area contributed by atoms with Gasteiger partial charge in [0.1, 0.15) is 59.1 Å². The molecule has 0 aromatic heterocycles. The number of carbonyl (C=O) groups is 1. The summed E-state index contributed by atoms with van der Waals surface area (Å²) in [7, 11) is 1.41. The summed E-state index contributed by atoms with van der Waals surface area (Å²) in [6.45, 7) is -0.557. The number of rotatable bonds is 5. The molecule has 10 heteroatoms. The molecule has 4 rings (SSSR count). The van der Waals surface area contributed by atoms with E-state index >= 15 is 0 Å². The van der Waals surface area contributed by atoms with Crippen LogP contribution in [0, 0.1) is 0 Å². The standard InChI is InChI=1S/C22H24O10/c1-29-15-6-11(24)7-16-18(15)13(25)8-14(31-16)10-2-4-12(5-3-10)30-22-21(28)20(27)19(26)17(9-23)32-22/h2-7,14,17,19-24,26-28H,8-9H2,1H3. The number of phenols is 1. The molecule has 2 aromatic rings. The van der Waals surface area contributed by atoms with Crippen LogP contribution in [0.4, 0.5) is 0 Å². The maximum Gasteiger partial charge on any atom is 0.229 e. The van der Waals surface area contributed by atoms with Crippen LogP contribution in [0.15, 0.2) is 36.4 Å². The fourth-order valence-corrected chi connectivity index (χ4v) is 3.82. The molecule has 0 saturated carbocycles. The number of aliphatic hydroxyl groups excluding tert-OH is 4. The van der Waals surface area contributed by atoms with Crippen LogP contribution in [0.2, 0.25) is 0 Å². The highest BCUT2D eigenvalue weighted by molar-refractivity contribution is 6.02. The van der Waals surface area contributed by atoms with Crippen LogP contribution in [0.1, 0.15) is 28.4 Å². The summed E-state index contributed by atoms with van der Waals surface area (Å²) in [6.07, 6.45) is -7.44. The Kier molecular flexibility index (Phi) is 6.22. The van der Waals surface area contributed by atoms with E-state index in [1.54, 1.807) is 24.3 Å². The number of hydrogen-bond acceptors (Lipinski definition) is 10. The summed E-state index contributed by atoms with van der Waals surface area (Å²) in [5.41, 5.74) is 0.955. The second-order valence-corrected chi connectivity index (χ2v) is 7.64. The maximum atomic E-state index is 12.7. The SMILES string of the molecule is COc1cc(O)cc2c1C(=O)CC(c1ccc(OC3OC(CO)C(O)C(O)C3O)cc1)O2. The van der Waals surface area contributed by atoms with Crippen molar-refractivity contribution in [1.82, 2.24) is 0 Å². The fourth-order valence-electron chi connectivity index (χ4n) is 3.82. The van der Waals surface area contributed by atoms with Crippen molar-refractivity contribution in [2.75, 3.05) is 13.7 Å². The molecule has 32 heavy (non-hydrogen) atoms. The van der Waals surface area contributed by atoms with Crippen molar-refractivity contribution in [2.45, 2.75) is 43.2 Å². The van der Waals surface area contributed by atoms with Crippen LogP contribution in [0.25, 0.3) is 0 Å². The Hall–Kier alpha value is -2.89. The zero-order valence-electron chi connectivity index (χ0n) is 17.1. The molecule has 2 aliphatic rings. The third-order valence-electron chi connectivity index (χ3n) is 5.54. The first-order valence-electron chi connectivity index (χ1n) is 10.0. The topological polar surface area (TPSA) is 155 Å². The molecular formula is C22H24O10. The highest BCUT2D eigenvalue weighted by Gasteiger charge is 2.44. The van der Waals surface area contributed by atoms with Gasteiger partial charge in [-0.15, -0.1) is 0 Å². The number of methoxy groups -OCH3 is 1. The van der Waals surface area contributed by atoms with Crippen molar-refractivity contribution < 1.29 is 49.3 Å². The molecule has 0 bridgehead atoms. The molecule has 0 aliphatic carbocycles. The van der Waals surface area contributed by atoms with Crippen LogP contribution in [0.5, 0.6) is 23.0 Å². The van der Waals surface area contributed by atoms with Gasteiger partial charge in [0.05, 0.1) is 20.1 Å². The zero-order chi connectivity index (χ0) is 23.0. The van der Waals surface area contributed by atoms with E-state index in [2.05, 4.69) is 0 Å². The molecule has 6 atom stereocenters. The minimum absolute atomic E-state index is 0.0705. The van der Waals surface area contributed by atoms with Crippen molar-refractivity contribution >= 4 is 5.78 Å². The largest absolute Gasteiger partial charge is 0.508 e. The average molecular weight is 448 g/mol. The average Bonchev–Trinajstić information content (AvgIpc) is 2.78. The van der Waals surface area contributed by atoms with Gasteiger partial charge >= 0.3 is 0 Å². The van der Waals surface area contributed by atoms with Crippen LogP contribution in [0.3, 0.4) is 0 Å². The first-order valence-corrected chi connectivity index (χ1v) is 10.0. The van der Waals surface area contributed by atoms with Crippen LogP contribution >= 0.6 is 0 Å². The molecule has 0 radical (unpaired) electrons. The fraction of sp³-hybridized carbons (Fsp3) is 0.409. The van der Waals surface area contributed by atoms with E-state index in [4.69, 9.17) is 18.9 Å². The summed E-state index contributed by atoms with van der Waals surface area (Å²) >= 11 is 0. The first kappa shape index (κ1) is 22.3. The van der Waals surface area contributed by atoms with Gasteiger partial charge in [-0.2, -0.15) is 0 Å². The molecular weight excluding hydrogens is 424 g/mol. The number of phenolic OH excluding ortho intramolecular Hbond substituents is 1. The van der Waals surface area contributed by atoms with E-state index in [9.17, 15) is 30.3 Å². The lowest BCUT2D eigenvalue weighted by Gasteiger charge is -2.39. The van der Waals surface area contributed by atoms with Crippen molar-refractivity contribution in [3.8, 4) is 23.0 Å². The number of carbonyl (C=O) groups excluding carboxylic acids is 1. The molecule has 0 amide bonds. The predicted molar refractivity (Wildman–Crippen MR) is 108 cm³/mol. The molecule has 0 spiro atoms. The summed E-state index contributed by atoms with van der Waals surface area (Å²) in [5.74, 6) is 0.489. The van der Waals surface area contributed by atoms with Gasteiger partial charge in [0.2, 0.25) is 6.29 Å². The Morgan fingerprint density at radius 2 is 1.78 bits per heavy atom. The molecule has 2 heterocycles. The lowest BCUT2D eigenvalue weighted by atomic mass is 9.95. The molecule has 172 valence electrons. The second-order valence-electron chi connectivity index (χ2n) is 7.64. The summed E-state index contributed by atoms with van der Waals surface area (Å²) < 4.78 is 22.0. The van der Waals surface area contributed by atoms with E-state index in [1.807, 2.05) is 0 Å². The van der Waals surface area contributed by atoms with E-state index in [0.29, 0.717) is 11.3 Å². The molecule has 6 unspecified atom stereocenters. The van der Waals surface area contributed by atoms with Crippen LogP contribution < -0.4 is 14.2 Å². The maximum absolute atomic E-state index is 12.7. The third-order valence-corrected chi connectivity index (χ3v) is 5.54. The molecule has 5 N–H and O–H groups in total. The van der Waals surface area contributed by atoms with Crippen molar-refractivity contribution in [1.29, 1.82) is 0 Å². The van der Waals surface area contributed by atoms with Gasteiger partial charge in [-0.3, -0.25) is 4.79 Å². The molecule has 2 aromatic carbocycles.